The number of nitrogens with one attached hydrogen (secondary N) is 1. The lowest BCUT2D eigenvalue weighted by atomic mass is 10.1. The molecule has 21 nitrogen and oxygen atoms in total. The van der Waals surface area contributed by atoms with Gasteiger partial charge < -0.3 is 19.9 Å². The standard InChI is InChI=1S/C46H41N9O12S3/c1-25-17-36(26(2)16-35(25)49-48-34-15-13-32(68(57,58)59)22-43(34)69(60,61)62)50-51-37-18-28(4)38(19-27(37)3)52-53-39-23-42(67-6)40(24-41(39)66-5)54-55-45-44(70(63,64)65)21-29-20-31(12-14-33(29)46(45)56)47-30-10-8-7-9-11-30/h7-24,47,56H,1-6H3,(H,57,58,59)(H,60,61,62)(H,63,64,65). The quantitative estimate of drug-likeness (QED) is 0.0472. The van der Waals surface area contributed by atoms with Crippen molar-refractivity contribution >= 4 is 98.0 Å². The maximum atomic E-state index is 12.6. The highest BCUT2D eigenvalue weighted by atomic mass is 32.2. The van der Waals surface area contributed by atoms with Crippen LogP contribution in [0.2, 0.25) is 0 Å². The molecule has 5 N–H and O–H groups in total. The number of rotatable bonds is 15. The van der Waals surface area contributed by atoms with Crippen molar-refractivity contribution in [2.75, 3.05) is 19.5 Å². The molecule has 0 saturated carbocycles. The molecule has 7 rings (SSSR count). The van der Waals surface area contributed by atoms with Gasteiger partial charge in [-0.2, -0.15) is 45.7 Å². The Morgan fingerprint density at radius 2 is 0.900 bits per heavy atom. The van der Waals surface area contributed by atoms with Gasteiger partial charge in [-0.25, -0.2) is 0 Å². The lowest BCUT2D eigenvalue weighted by molar-refractivity contribution is 0.405. The molecule has 0 aliphatic carbocycles. The van der Waals surface area contributed by atoms with E-state index < -0.39 is 56.5 Å². The summed E-state index contributed by atoms with van der Waals surface area (Å²) in [7, 11) is -11.9. The molecule has 0 unspecified atom stereocenters. The zero-order chi connectivity index (χ0) is 50.7. The van der Waals surface area contributed by atoms with Crippen molar-refractivity contribution in [1.82, 2.24) is 0 Å². The minimum Gasteiger partial charge on any atom is -0.505 e. The van der Waals surface area contributed by atoms with E-state index in [-0.39, 0.29) is 33.9 Å². The van der Waals surface area contributed by atoms with Gasteiger partial charge in [-0.05, 0) is 134 Å². The first kappa shape index (κ1) is 50.0. The summed E-state index contributed by atoms with van der Waals surface area (Å²) in [5, 5.41) is 49.0. The summed E-state index contributed by atoms with van der Waals surface area (Å²) < 4.78 is 112. The number of benzene rings is 7. The number of hydrogen-bond donors (Lipinski definition) is 5. The van der Waals surface area contributed by atoms with Crippen LogP contribution in [0.3, 0.4) is 0 Å². The SMILES string of the molecule is COc1cc(N=Nc2c(S(=O)(=O)O)cc3cc(Nc4ccccc4)ccc3c2O)c(OC)cc1N=Nc1cc(C)c(N=Nc2cc(C)c(N=Nc3ccc(S(=O)(=O)O)cc3S(=O)(=O)O)cc2C)cc1C. The number of phenols is 1. The maximum Gasteiger partial charge on any atom is 0.296 e. The molecule has 7 aromatic rings. The highest BCUT2D eigenvalue weighted by Crippen LogP contribution is 2.45. The number of methoxy groups -OCH3 is 2. The second-order valence-corrected chi connectivity index (χ2v) is 19.6. The first-order valence-electron chi connectivity index (χ1n) is 20.4. The van der Waals surface area contributed by atoms with Crippen LogP contribution in [0.4, 0.5) is 56.9 Å². The number of aromatic hydroxyl groups is 1. The van der Waals surface area contributed by atoms with Crippen LogP contribution in [0.25, 0.3) is 10.8 Å². The second-order valence-electron chi connectivity index (χ2n) is 15.4. The summed E-state index contributed by atoms with van der Waals surface area (Å²) >= 11 is 0. The third-order valence-corrected chi connectivity index (χ3v) is 13.1. The van der Waals surface area contributed by atoms with E-state index in [9.17, 15) is 44.0 Å². The average molecular weight is 1010 g/mol. The van der Waals surface area contributed by atoms with Crippen LogP contribution in [0.15, 0.2) is 165 Å². The molecule has 0 aromatic heterocycles. The maximum absolute atomic E-state index is 12.6. The van der Waals surface area contributed by atoms with E-state index in [4.69, 9.17) is 9.47 Å². The lowest BCUT2D eigenvalue weighted by Gasteiger charge is -2.12. The van der Waals surface area contributed by atoms with Gasteiger partial charge >= 0.3 is 0 Å². The van der Waals surface area contributed by atoms with Crippen LogP contribution < -0.4 is 14.8 Å². The summed E-state index contributed by atoms with van der Waals surface area (Å²) in [6.45, 7) is 7.06. The van der Waals surface area contributed by atoms with Gasteiger partial charge in [0.1, 0.15) is 44.0 Å². The lowest BCUT2D eigenvalue weighted by Crippen LogP contribution is -2.03. The third kappa shape index (κ3) is 11.3. The molecule has 0 aliphatic rings. The Bertz CT molecular complexity index is 3700. The van der Waals surface area contributed by atoms with Crippen molar-refractivity contribution in [3.05, 3.63) is 131 Å². The van der Waals surface area contributed by atoms with Gasteiger partial charge in [-0.3, -0.25) is 13.7 Å². The van der Waals surface area contributed by atoms with Crippen molar-refractivity contribution in [3.8, 4) is 17.2 Å². The number of aryl methyl sites for hydroxylation is 4. The third-order valence-electron chi connectivity index (χ3n) is 10.5. The fraction of sp³-hybridized carbons (Fsp3) is 0.130. The Morgan fingerprint density at radius 3 is 1.36 bits per heavy atom. The number of para-hydroxylation sites is 1. The van der Waals surface area contributed by atoms with E-state index in [2.05, 4.69) is 46.2 Å². The summed E-state index contributed by atoms with van der Waals surface area (Å²) in [5.74, 6) is -0.219. The van der Waals surface area contributed by atoms with Crippen LogP contribution in [-0.4, -0.2) is 58.2 Å². The molecule has 0 bridgehead atoms. The molecular formula is C46H41N9O12S3. The minimum atomic E-state index is -4.95. The van der Waals surface area contributed by atoms with Gasteiger partial charge in [0.25, 0.3) is 30.4 Å². The molecule has 360 valence electrons. The molecule has 0 atom stereocenters. The number of anilines is 2. The van der Waals surface area contributed by atoms with E-state index in [0.717, 1.165) is 17.8 Å². The zero-order valence-electron chi connectivity index (χ0n) is 37.7. The van der Waals surface area contributed by atoms with Gasteiger partial charge in [0, 0.05) is 28.9 Å². The summed E-state index contributed by atoms with van der Waals surface area (Å²) in [6, 6.07) is 27.5. The van der Waals surface area contributed by atoms with Crippen LogP contribution in [0.1, 0.15) is 22.3 Å². The van der Waals surface area contributed by atoms with E-state index in [1.54, 1.807) is 63.2 Å². The molecule has 0 amide bonds. The largest absolute Gasteiger partial charge is 0.505 e. The Balaban J connectivity index is 1.11. The molecule has 0 saturated heterocycles. The molecule has 0 radical (unpaired) electrons. The topological polar surface area (TPSA) is 313 Å². The smallest absolute Gasteiger partial charge is 0.296 e. The van der Waals surface area contributed by atoms with Crippen molar-refractivity contribution < 1.29 is 53.5 Å². The Hall–Kier alpha value is -7.87. The second kappa shape index (κ2) is 20.0. The molecule has 0 heterocycles. The molecule has 0 fully saturated rings. The fourth-order valence-electron chi connectivity index (χ4n) is 6.81. The van der Waals surface area contributed by atoms with Crippen LogP contribution in [0.5, 0.6) is 17.2 Å². The number of fused-ring (bicyclic) bond motifs is 1. The van der Waals surface area contributed by atoms with E-state index in [1.807, 2.05) is 37.3 Å². The number of ether oxygens (including phenoxy) is 2. The summed E-state index contributed by atoms with van der Waals surface area (Å²) in [4.78, 5) is -2.30. The van der Waals surface area contributed by atoms with Crippen molar-refractivity contribution in [1.29, 1.82) is 0 Å². The highest BCUT2D eigenvalue weighted by molar-refractivity contribution is 7.87. The van der Waals surface area contributed by atoms with Crippen LogP contribution >= 0.6 is 0 Å². The highest BCUT2D eigenvalue weighted by Gasteiger charge is 2.24. The number of nitrogens with zero attached hydrogens (tertiary/aromatic N) is 8. The van der Waals surface area contributed by atoms with Gasteiger partial charge in [0.15, 0.2) is 5.75 Å². The first-order valence-corrected chi connectivity index (χ1v) is 24.7. The molecule has 0 aliphatic heterocycles. The first-order chi connectivity index (χ1) is 33.0. The van der Waals surface area contributed by atoms with E-state index in [1.165, 1.54) is 32.4 Å². The summed E-state index contributed by atoms with van der Waals surface area (Å²) in [6.07, 6.45) is 0. The number of azo groups is 4. The molecule has 0 spiro atoms. The monoisotopic (exact) mass is 1010 g/mol. The normalized spacial score (nSPS) is 12.5. The average Bonchev–Trinajstić information content (AvgIpc) is 3.30. The predicted octanol–water partition coefficient (Wildman–Crippen LogP) is 12.9. The minimum absolute atomic E-state index is 0.0632. The predicted molar refractivity (Wildman–Crippen MR) is 259 cm³/mol. The Morgan fingerprint density at radius 1 is 0.443 bits per heavy atom. The van der Waals surface area contributed by atoms with Crippen molar-refractivity contribution in [2.45, 2.75) is 42.4 Å². The molecule has 24 heteroatoms. The number of phenolic OH excluding ortho intramolecular Hbond substituents is 1. The van der Waals surface area contributed by atoms with Gasteiger partial charge in [-0.15, -0.1) is 20.5 Å². The molecule has 7 aromatic carbocycles. The summed E-state index contributed by atoms with van der Waals surface area (Å²) in [5.41, 5.74) is 5.18. The van der Waals surface area contributed by atoms with Crippen LogP contribution in [-0.2, 0) is 30.4 Å². The molecular weight excluding hydrogens is 967 g/mol. The fourth-order valence-corrected chi connectivity index (χ4v) is 8.69. The Kier molecular flexibility index (Phi) is 14.3. The zero-order valence-corrected chi connectivity index (χ0v) is 40.2. The van der Waals surface area contributed by atoms with Crippen LogP contribution in [0, 0.1) is 27.7 Å². The van der Waals surface area contributed by atoms with Crippen molar-refractivity contribution in [3.63, 3.8) is 0 Å². The van der Waals surface area contributed by atoms with Gasteiger partial charge in [-0.1, -0.05) is 18.2 Å². The molecule has 70 heavy (non-hydrogen) atoms. The van der Waals surface area contributed by atoms with E-state index >= 15 is 0 Å². The van der Waals surface area contributed by atoms with Gasteiger partial charge in [0.05, 0.1) is 41.9 Å². The Labute approximate surface area is 401 Å². The van der Waals surface area contributed by atoms with Gasteiger partial charge in [0.2, 0.25) is 0 Å². The number of hydrogen-bond acceptors (Lipinski definition) is 18. The van der Waals surface area contributed by atoms with Crippen molar-refractivity contribution in [2.24, 2.45) is 40.9 Å². The van der Waals surface area contributed by atoms with E-state index in [0.29, 0.717) is 62.1 Å².